The Labute approximate surface area is 196 Å². The van der Waals surface area contributed by atoms with Gasteiger partial charge in [-0.15, -0.1) is 11.3 Å². The molecule has 1 aliphatic carbocycles. The van der Waals surface area contributed by atoms with Gasteiger partial charge in [0.2, 0.25) is 5.91 Å². The normalized spacial score (nSPS) is 18.2. The summed E-state index contributed by atoms with van der Waals surface area (Å²) in [6, 6.07) is 18.9. The molecule has 1 saturated carbocycles. The predicted molar refractivity (Wildman–Crippen MR) is 129 cm³/mol. The fraction of sp³-hybridized carbons (Fsp3) is 0.269. The van der Waals surface area contributed by atoms with E-state index in [0.717, 1.165) is 41.8 Å². The molecule has 2 atom stereocenters. The molecule has 2 N–H and O–H groups in total. The monoisotopic (exact) mass is 459 g/mol. The minimum absolute atomic E-state index is 0.0498. The van der Waals surface area contributed by atoms with Gasteiger partial charge in [-0.1, -0.05) is 37.1 Å². The number of anilines is 1. The second-order valence-electron chi connectivity index (χ2n) is 8.36. The molecule has 0 spiro atoms. The maximum absolute atomic E-state index is 13.1. The third-order valence-corrected chi connectivity index (χ3v) is 7.32. The summed E-state index contributed by atoms with van der Waals surface area (Å²) in [4.78, 5) is 30.0. The van der Waals surface area contributed by atoms with Gasteiger partial charge in [0.05, 0.1) is 21.5 Å². The van der Waals surface area contributed by atoms with Crippen LogP contribution in [0.15, 0.2) is 71.3 Å². The molecule has 2 heterocycles. The van der Waals surface area contributed by atoms with Crippen molar-refractivity contribution >= 4 is 39.1 Å². The Balaban J connectivity index is 1.21. The molecule has 7 heteroatoms. The van der Waals surface area contributed by atoms with Crippen LogP contribution in [0.3, 0.4) is 0 Å². The quantitative estimate of drug-likeness (QED) is 0.386. The SMILES string of the molecule is O=C(Nc1ccc(CNC(=O)C2CCCCC2c2nc3ccccc3s2)cc1)c1ccco1. The van der Waals surface area contributed by atoms with E-state index in [1.54, 1.807) is 23.5 Å². The first-order chi connectivity index (χ1) is 16.2. The number of rotatable bonds is 6. The van der Waals surface area contributed by atoms with Gasteiger partial charge in [-0.3, -0.25) is 9.59 Å². The van der Waals surface area contributed by atoms with E-state index in [0.29, 0.717) is 12.2 Å². The van der Waals surface area contributed by atoms with Crippen molar-refractivity contribution in [3.63, 3.8) is 0 Å². The highest BCUT2D eigenvalue weighted by atomic mass is 32.1. The first-order valence-electron chi connectivity index (χ1n) is 11.2. The Morgan fingerprint density at radius 3 is 2.61 bits per heavy atom. The lowest BCUT2D eigenvalue weighted by Gasteiger charge is -2.29. The lowest BCUT2D eigenvalue weighted by Crippen LogP contribution is -2.35. The molecule has 2 aromatic carbocycles. The molecule has 168 valence electrons. The fourth-order valence-electron chi connectivity index (χ4n) is 4.42. The van der Waals surface area contributed by atoms with Gasteiger partial charge in [-0.2, -0.15) is 0 Å². The van der Waals surface area contributed by atoms with E-state index in [1.165, 1.54) is 11.0 Å². The molecule has 0 radical (unpaired) electrons. The minimum atomic E-state index is -0.292. The molecule has 0 bridgehead atoms. The van der Waals surface area contributed by atoms with E-state index in [2.05, 4.69) is 16.7 Å². The number of furan rings is 1. The van der Waals surface area contributed by atoms with Crippen LogP contribution in [0.2, 0.25) is 0 Å². The van der Waals surface area contributed by atoms with E-state index < -0.39 is 0 Å². The highest BCUT2D eigenvalue weighted by Gasteiger charge is 2.33. The number of benzene rings is 2. The van der Waals surface area contributed by atoms with Crippen molar-refractivity contribution < 1.29 is 14.0 Å². The maximum Gasteiger partial charge on any atom is 0.291 e. The average Bonchev–Trinajstić information content (AvgIpc) is 3.54. The number of para-hydroxylation sites is 1. The third kappa shape index (κ3) is 4.83. The molecular formula is C26H25N3O3S. The van der Waals surface area contributed by atoms with Gasteiger partial charge in [-0.25, -0.2) is 4.98 Å². The lowest BCUT2D eigenvalue weighted by molar-refractivity contribution is -0.126. The number of hydrogen-bond acceptors (Lipinski definition) is 5. The summed E-state index contributed by atoms with van der Waals surface area (Å²) in [6.07, 6.45) is 5.57. The number of carbonyl (C=O) groups excluding carboxylic acids is 2. The van der Waals surface area contributed by atoms with Crippen molar-refractivity contribution in [3.05, 3.63) is 83.3 Å². The highest BCUT2D eigenvalue weighted by Crippen LogP contribution is 2.40. The van der Waals surface area contributed by atoms with Crippen molar-refractivity contribution in [2.24, 2.45) is 5.92 Å². The molecular weight excluding hydrogens is 434 g/mol. The van der Waals surface area contributed by atoms with Crippen molar-refractivity contribution in [2.45, 2.75) is 38.1 Å². The number of nitrogens with zero attached hydrogens (tertiary/aromatic N) is 1. The summed E-state index contributed by atoms with van der Waals surface area (Å²) in [5.41, 5.74) is 2.67. The van der Waals surface area contributed by atoms with Crippen molar-refractivity contribution in [3.8, 4) is 0 Å². The summed E-state index contributed by atoms with van der Waals surface area (Å²) in [6.45, 7) is 0.453. The summed E-state index contributed by atoms with van der Waals surface area (Å²) in [5, 5.41) is 6.99. The minimum Gasteiger partial charge on any atom is -0.459 e. The number of carbonyl (C=O) groups is 2. The number of fused-ring (bicyclic) bond motifs is 1. The van der Waals surface area contributed by atoms with Crippen LogP contribution in [0.25, 0.3) is 10.2 Å². The second kappa shape index (κ2) is 9.58. The second-order valence-corrected chi connectivity index (χ2v) is 9.43. The van der Waals surface area contributed by atoms with Gasteiger partial charge in [0.15, 0.2) is 5.76 Å². The van der Waals surface area contributed by atoms with Gasteiger partial charge in [0.1, 0.15) is 0 Å². The van der Waals surface area contributed by atoms with Gasteiger partial charge < -0.3 is 15.1 Å². The molecule has 2 aromatic heterocycles. The lowest BCUT2D eigenvalue weighted by atomic mass is 9.79. The first kappa shape index (κ1) is 21.4. The van der Waals surface area contributed by atoms with Crippen LogP contribution in [0.1, 0.15) is 52.7 Å². The Hall–Kier alpha value is -3.45. The van der Waals surface area contributed by atoms with E-state index in [4.69, 9.17) is 9.40 Å². The molecule has 2 amide bonds. The van der Waals surface area contributed by atoms with Crippen LogP contribution in [0.4, 0.5) is 5.69 Å². The number of hydrogen-bond donors (Lipinski definition) is 2. The number of nitrogens with one attached hydrogen (secondary N) is 2. The van der Waals surface area contributed by atoms with Gasteiger partial charge in [0.25, 0.3) is 5.91 Å². The van der Waals surface area contributed by atoms with Crippen LogP contribution in [0, 0.1) is 5.92 Å². The van der Waals surface area contributed by atoms with Crippen molar-refractivity contribution in [1.82, 2.24) is 10.3 Å². The molecule has 6 nitrogen and oxygen atoms in total. The number of thiazole rings is 1. The number of amides is 2. The van der Waals surface area contributed by atoms with E-state index >= 15 is 0 Å². The van der Waals surface area contributed by atoms with Gasteiger partial charge in [-0.05, 0) is 54.8 Å². The van der Waals surface area contributed by atoms with Crippen LogP contribution < -0.4 is 10.6 Å². The van der Waals surface area contributed by atoms with Crippen molar-refractivity contribution in [1.29, 1.82) is 0 Å². The summed E-state index contributed by atoms with van der Waals surface area (Å²) >= 11 is 1.71. The Bertz CT molecular complexity index is 1210. The van der Waals surface area contributed by atoms with Gasteiger partial charge >= 0.3 is 0 Å². The Morgan fingerprint density at radius 2 is 1.82 bits per heavy atom. The largest absolute Gasteiger partial charge is 0.459 e. The molecule has 0 saturated heterocycles. The summed E-state index contributed by atoms with van der Waals surface area (Å²) in [7, 11) is 0. The van der Waals surface area contributed by atoms with Crippen molar-refractivity contribution in [2.75, 3.05) is 5.32 Å². The fourth-order valence-corrected chi connectivity index (χ4v) is 5.58. The zero-order chi connectivity index (χ0) is 22.6. The third-order valence-electron chi connectivity index (χ3n) is 6.15. The molecule has 5 rings (SSSR count). The van der Waals surface area contributed by atoms with Gasteiger partial charge in [0, 0.05) is 24.1 Å². The highest BCUT2D eigenvalue weighted by molar-refractivity contribution is 7.18. The van der Waals surface area contributed by atoms with Crippen LogP contribution in [-0.4, -0.2) is 16.8 Å². The van der Waals surface area contributed by atoms with E-state index in [-0.39, 0.29) is 29.4 Å². The molecule has 0 aliphatic heterocycles. The maximum atomic E-state index is 13.1. The molecule has 1 fully saturated rings. The standard InChI is InChI=1S/C26H25N3O3S/c30-24(19-6-1-2-7-20(19)26-29-21-8-3-4-10-23(21)33-26)27-16-17-11-13-18(14-12-17)28-25(31)22-9-5-15-32-22/h3-5,8-15,19-20H,1-2,6-7,16H2,(H,27,30)(H,28,31). The van der Waals surface area contributed by atoms with E-state index in [9.17, 15) is 9.59 Å². The zero-order valence-electron chi connectivity index (χ0n) is 18.1. The molecule has 2 unspecified atom stereocenters. The Morgan fingerprint density at radius 1 is 1.00 bits per heavy atom. The summed E-state index contributed by atoms with van der Waals surface area (Å²) in [5.74, 6) is 0.191. The smallest absolute Gasteiger partial charge is 0.291 e. The molecule has 33 heavy (non-hydrogen) atoms. The topological polar surface area (TPSA) is 84.2 Å². The van der Waals surface area contributed by atoms with Crippen LogP contribution >= 0.6 is 11.3 Å². The van der Waals surface area contributed by atoms with Crippen LogP contribution in [-0.2, 0) is 11.3 Å². The summed E-state index contributed by atoms with van der Waals surface area (Å²) < 4.78 is 6.29. The molecule has 1 aliphatic rings. The van der Waals surface area contributed by atoms with Crippen LogP contribution in [0.5, 0.6) is 0 Å². The average molecular weight is 460 g/mol. The number of aromatic nitrogens is 1. The van der Waals surface area contributed by atoms with E-state index in [1.807, 2.05) is 42.5 Å². The zero-order valence-corrected chi connectivity index (χ0v) is 18.9. The first-order valence-corrected chi connectivity index (χ1v) is 12.1. The molecule has 4 aromatic rings. The Kier molecular flexibility index (Phi) is 6.21. The predicted octanol–water partition coefficient (Wildman–Crippen LogP) is 5.73.